The molecule has 1 aromatic carbocycles. The molecule has 0 spiro atoms. The maximum absolute atomic E-state index is 12.6. The fourth-order valence-electron chi connectivity index (χ4n) is 3.29. The molecule has 0 aliphatic carbocycles. The summed E-state index contributed by atoms with van der Waals surface area (Å²) in [6.07, 6.45) is 0. The molecule has 0 radical (unpaired) electrons. The molecule has 1 unspecified atom stereocenters. The van der Waals surface area contributed by atoms with Crippen LogP contribution in [0.25, 0.3) is 0 Å². The van der Waals surface area contributed by atoms with Crippen LogP contribution in [0.1, 0.15) is 24.0 Å². The lowest BCUT2D eigenvalue weighted by molar-refractivity contribution is -0.120. The molecule has 146 valence electrons. The van der Waals surface area contributed by atoms with E-state index in [-0.39, 0.29) is 11.9 Å². The van der Waals surface area contributed by atoms with E-state index in [2.05, 4.69) is 25.1 Å². The van der Waals surface area contributed by atoms with Crippen molar-refractivity contribution >= 4 is 29.0 Å². The summed E-state index contributed by atoms with van der Waals surface area (Å²) in [7, 11) is 0. The molecule has 28 heavy (non-hydrogen) atoms. The Balaban J connectivity index is 1.58. The number of nitrogens with one attached hydrogen (secondary N) is 1. The van der Waals surface area contributed by atoms with Gasteiger partial charge in [0.15, 0.2) is 0 Å². The quantitative estimate of drug-likeness (QED) is 0.852. The van der Waals surface area contributed by atoms with Crippen molar-refractivity contribution in [3.63, 3.8) is 0 Å². The van der Waals surface area contributed by atoms with Gasteiger partial charge in [-0.05, 0) is 39.0 Å². The van der Waals surface area contributed by atoms with Gasteiger partial charge in [-0.25, -0.2) is 9.97 Å². The minimum Gasteiger partial charge on any atom is -0.354 e. The molecular weight excluding hydrogens is 376 g/mol. The highest BCUT2D eigenvalue weighted by Gasteiger charge is 2.26. The first-order valence-electron chi connectivity index (χ1n) is 9.19. The first-order chi connectivity index (χ1) is 13.4. The van der Waals surface area contributed by atoms with Crippen LogP contribution in [0, 0.1) is 25.2 Å². The lowest BCUT2D eigenvalue weighted by atomic mass is 10.2. The standard InChI is InChI=1S/C20H23ClN6O/c1-13-10-19(24-15(3)23-13)27-8-6-26(7-9-27)14(2)20(28)25-17-5-4-16(12-22)18(21)11-17/h4-5,10-11,14H,6-9H2,1-3H3,(H,25,28). The Morgan fingerprint density at radius 2 is 1.93 bits per heavy atom. The fraction of sp³-hybridized carbons (Fsp3) is 0.400. The molecule has 1 amide bonds. The first-order valence-corrected chi connectivity index (χ1v) is 9.57. The highest BCUT2D eigenvalue weighted by molar-refractivity contribution is 6.32. The van der Waals surface area contributed by atoms with Gasteiger partial charge in [0, 0.05) is 43.6 Å². The second kappa shape index (κ2) is 8.55. The summed E-state index contributed by atoms with van der Waals surface area (Å²) in [5, 5.41) is 12.2. The SMILES string of the molecule is Cc1cc(N2CCN(C(C)C(=O)Nc3ccc(C#N)c(Cl)c3)CC2)nc(C)n1. The summed E-state index contributed by atoms with van der Waals surface area (Å²) in [5.74, 6) is 1.61. The van der Waals surface area contributed by atoms with Crippen molar-refractivity contribution in [2.24, 2.45) is 0 Å². The third kappa shape index (κ3) is 4.58. The van der Waals surface area contributed by atoms with E-state index >= 15 is 0 Å². The molecule has 1 aromatic heterocycles. The summed E-state index contributed by atoms with van der Waals surface area (Å²) < 4.78 is 0. The summed E-state index contributed by atoms with van der Waals surface area (Å²) in [4.78, 5) is 25.8. The van der Waals surface area contributed by atoms with Crippen molar-refractivity contribution in [1.29, 1.82) is 5.26 Å². The van der Waals surface area contributed by atoms with E-state index < -0.39 is 0 Å². The van der Waals surface area contributed by atoms with E-state index in [0.29, 0.717) is 16.3 Å². The zero-order valence-electron chi connectivity index (χ0n) is 16.2. The zero-order chi connectivity index (χ0) is 20.3. The number of carbonyl (C=O) groups is 1. The predicted molar refractivity (Wildman–Crippen MR) is 110 cm³/mol. The zero-order valence-corrected chi connectivity index (χ0v) is 17.0. The summed E-state index contributed by atoms with van der Waals surface area (Å²) in [5.41, 5.74) is 1.93. The number of hydrogen-bond donors (Lipinski definition) is 1. The first kappa shape index (κ1) is 20.1. The average molecular weight is 399 g/mol. The van der Waals surface area contributed by atoms with Gasteiger partial charge in [0.2, 0.25) is 5.91 Å². The Morgan fingerprint density at radius 3 is 2.54 bits per heavy atom. The Bertz CT molecular complexity index is 897. The van der Waals surface area contributed by atoms with Gasteiger partial charge in [-0.2, -0.15) is 5.26 Å². The predicted octanol–water partition coefficient (Wildman–Crippen LogP) is 2.77. The average Bonchev–Trinajstić information content (AvgIpc) is 2.67. The molecule has 1 fully saturated rings. The van der Waals surface area contributed by atoms with Crippen LogP contribution >= 0.6 is 11.6 Å². The van der Waals surface area contributed by atoms with Gasteiger partial charge in [0.1, 0.15) is 17.7 Å². The van der Waals surface area contributed by atoms with Gasteiger partial charge >= 0.3 is 0 Å². The van der Waals surface area contributed by atoms with Gasteiger partial charge in [-0.1, -0.05) is 11.6 Å². The monoisotopic (exact) mass is 398 g/mol. The number of piperazine rings is 1. The second-order valence-corrected chi connectivity index (χ2v) is 7.32. The van der Waals surface area contributed by atoms with Crippen LogP contribution in [0.15, 0.2) is 24.3 Å². The molecule has 7 nitrogen and oxygen atoms in total. The van der Waals surface area contributed by atoms with E-state index in [1.54, 1.807) is 18.2 Å². The van der Waals surface area contributed by atoms with Crippen molar-refractivity contribution in [3.8, 4) is 6.07 Å². The number of nitriles is 1. The molecule has 1 aliphatic rings. The number of amides is 1. The summed E-state index contributed by atoms with van der Waals surface area (Å²) in [6, 6.07) is 8.62. The molecule has 0 bridgehead atoms. The van der Waals surface area contributed by atoms with Gasteiger partial charge in [0.05, 0.1) is 16.6 Å². The summed E-state index contributed by atoms with van der Waals surface area (Å²) in [6.45, 7) is 8.90. The minimum atomic E-state index is -0.273. The molecule has 1 atom stereocenters. The molecule has 1 N–H and O–H groups in total. The number of aromatic nitrogens is 2. The number of halogens is 1. The summed E-state index contributed by atoms with van der Waals surface area (Å²) >= 11 is 6.04. The third-order valence-electron chi connectivity index (χ3n) is 4.87. The molecule has 3 rings (SSSR count). The van der Waals surface area contributed by atoms with Crippen molar-refractivity contribution in [3.05, 3.63) is 46.4 Å². The number of rotatable bonds is 4. The normalized spacial score (nSPS) is 15.8. The number of hydrogen-bond acceptors (Lipinski definition) is 6. The van der Waals surface area contributed by atoms with Crippen LogP contribution in [0.4, 0.5) is 11.5 Å². The Hall–Kier alpha value is -2.69. The van der Waals surface area contributed by atoms with Gasteiger partial charge in [0.25, 0.3) is 0 Å². The Kier molecular flexibility index (Phi) is 6.12. The molecule has 8 heteroatoms. The van der Waals surface area contributed by atoms with Crippen LogP contribution in [-0.4, -0.2) is 53.0 Å². The highest BCUT2D eigenvalue weighted by atomic mass is 35.5. The molecule has 2 aromatic rings. The van der Waals surface area contributed by atoms with Crippen molar-refractivity contribution in [1.82, 2.24) is 14.9 Å². The van der Waals surface area contributed by atoms with E-state index in [0.717, 1.165) is 43.5 Å². The fourth-order valence-corrected chi connectivity index (χ4v) is 3.52. The molecule has 1 saturated heterocycles. The van der Waals surface area contributed by atoms with E-state index in [1.807, 2.05) is 32.9 Å². The number of aryl methyl sites for hydroxylation is 2. The molecule has 1 aliphatic heterocycles. The Labute approximate surface area is 169 Å². The molecular formula is C20H23ClN6O. The number of nitrogens with zero attached hydrogens (tertiary/aromatic N) is 5. The topological polar surface area (TPSA) is 85.1 Å². The van der Waals surface area contributed by atoms with Crippen LogP contribution in [-0.2, 0) is 4.79 Å². The largest absolute Gasteiger partial charge is 0.354 e. The van der Waals surface area contributed by atoms with E-state index in [9.17, 15) is 4.79 Å². The lowest BCUT2D eigenvalue weighted by Crippen LogP contribution is -2.53. The number of carbonyl (C=O) groups excluding carboxylic acids is 1. The third-order valence-corrected chi connectivity index (χ3v) is 5.19. The van der Waals surface area contributed by atoms with Crippen LogP contribution in [0.5, 0.6) is 0 Å². The number of anilines is 2. The highest BCUT2D eigenvalue weighted by Crippen LogP contribution is 2.21. The van der Waals surface area contributed by atoms with Gasteiger partial charge < -0.3 is 10.2 Å². The smallest absolute Gasteiger partial charge is 0.241 e. The maximum atomic E-state index is 12.6. The number of benzene rings is 1. The second-order valence-electron chi connectivity index (χ2n) is 6.91. The van der Waals surface area contributed by atoms with Crippen molar-refractivity contribution < 1.29 is 4.79 Å². The molecule has 2 heterocycles. The van der Waals surface area contributed by atoms with Crippen LogP contribution in [0.3, 0.4) is 0 Å². The lowest BCUT2D eigenvalue weighted by Gasteiger charge is -2.38. The van der Waals surface area contributed by atoms with E-state index in [4.69, 9.17) is 16.9 Å². The van der Waals surface area contributed by atoms with E-state index in [1.165, 1.54) is 0 Å². The van der Waals surface area contributed by atoms with Gasteiger partial charge in [-0.15, -0.1) is 0 Å². The minimum absolute atomic E-state index is 0.0945. The maximum Gasteiger partial charge on any atom is 0.241 e. The van der Waals surface area contributed by atoms with Gasteiger partial charge in [-0.3, -0.25) is 9.69 Å². The van der Waals surface area contributed by atoms with Crippen molar-refractivity contribution in [2.45, 2.75) is 26.8 Å². The van der Waals surface area contributed by atoms with Crippen LogP contribution in [0.2, 0.25) is 5.02 Å². The Morgan fingerprint density at radius 1 is 1.21 bits per heavy atom. The molecule has 0 saturated carbocycles. The van der Waals surface area contributed by atoms with Crippen LogP contribution < -0.4 is 10.2 Å². The van der Waals surface area contributed by atoms with Crippen molar-refractivity contribution in [2.75, 3.05) is 36.4 Å².